The minimum Gasteiger partial charge on any atom is -0.368 e. The van der Waals surface area contributed by atoms with Gasteiger partial charge in [0.05, 0.1) is 0 Å². The topological polar surface area (TPSA) is 55.8 Å². The van der Waals surface area contributed by atoms with E-state index in [9.17, 15) is 9.18 Å². The van der Waals surface area contributed by atoms with E-state index in [1.54, 1.807) is 11.1 Å². The fourth-order valence-electron chi connectivity index (χ4n) is 3.54. The normalized spacial score (nSPS) is 18.0. The predicted molar refractivity (Wildman–Crippen MR) is 103 cm³/mol. The van der Waals surface area contributed by atoms with Gasteiger partial charge in [0.15, 0.2) is 0 Å². The van der Waals surface area contributed by atoms with E-state index in [0.717, 1.165) is 76.2 Å². The second kappa shape index (κ2) is 7.77. The van der Waals surface area contributed by atoms with Crippen LogP contribution in [0, 0.1) is 5.82 Å². The second-order valence-electron chi connectivity index (χ2n) is 6.79. The molecule has 0 saturated carbocycles. The van der Waals surface area contributed by atoms with Gasteiger partial charge in [-0.15, -0.1) is 0 Å². The van der Waals surface area contributed by atoms with E-state index >= 15 is 0 Å². The van der Waals surface area contributed by atoms with Crippen molar-refractivity contribution in [3.05, 3.63) is 42.3 Å². The summed E-state index contributed by atoms with van der Waals surface area (Å²) >= 11 is 0. The minimum atomic E-state index is -0.212. The molecule has 2 aromatic rings. The van der Waals surface area contributed by atoms with Crippen LogP contribution in [0.1, 0.15) is 0 Å². The Kier molecular flexibility index (Phi) is 5.04. The molecule has 0 N–H and O–H groups in total. The van der Waals surface area contributed by atoms with Gasteiger partial charge in [-0.3, -0.25) is 4.79 Å². The van der Waals surface area contributed by atoms with Gasteiger partial charge in [0.1, 0.15) is 11.6 Å². The zero-order chi connectivity index (χ0) is 18.6. The van der Waals surface area contributed by atoms with Gasteiger partial charge >= 0.3 is 0 Å². The first-order chi connectivity index (χ1) is 13.2. The molecule has 8 heteroatoms. The summed E-state index contributed by atoms with van der Waals surface area (Å²) in [6.45, 7) is 6.34. The maximum atomic E-state index is 13.1. The van der Waals surface area contributed by atoms with Crippen LogP contribution in [0.5, 0.6) is 0 Å². The van der Waals surface area contributed by atoms with Crippen LogP contribution in [0.3, 0.4) is 0 Å². The highest BCUT2D eigenvalue weighted by atomic mass is 19.1. The van der Waals surface area contributed by atoms with Gasteiger partial charge in [-0.05, 0) is 30.3 Å². The standard InChI is InChI=1S/C19H23FN6O/c20-16-1-3-17(4-2-16)24-11-13-26(14-12-24)19-21-6-5-18(22-19)25-9-7-23(15-27)8-10-25/h1-6,15H,7-14H2. The number of anilines is 3. The van der Waals surface area contributed by atoms with Crippen molar-refractivity contribution in [2.75, 3.05) is 67.1 Å². The van der Waals surface area contributed by atoms with Crippen LogP contribution in [0.15, 0.2) is 36.5 Å². The first-order valence-corrected chi connectivity index (χ1v) is 9.26. The van der Waals surface area contributed by atoms with Crippen molar-refractivity contribution >= 4 is 23.9 Å². The molecule has 0 bridgehead atoms. The van der Waals surface area contributed by atoms with Crippen LogP contribution < -0.4 is 14.7 Å². The quantitative estimate of drug-likeness (QED) is 0.755. The molecule has 2 saturated heterocycles. The average Bonchev–Trinajstić information content (AvgIpc) is 2.75. The summed E-state index contributed by atoms with van der Waals surface area (Å²) in [6, 6.07) is 8.56. The van der Waals surface area contributed by atoms with Crippen LogP contribution in [0.4, 0.5) is 21.8 Å². The van der Waals surface area contributed by atoms with Crippen molar-refractivity contribution in [1.29, 1.82) is 0 Å². The van der Waals surface area contributed by atoms with E-state index in [-0.39, 0.29) is 5.82 Å². The molecule has 1 aromatic carbocycles. The molecule has 2 aliphatic rings. The Morgan fingerprint density at radius 3 is 2.11 bits per heavy atom. The molecule has 3 heterocycles. The van der Waals surface area contributed by atoms with Gasteiger partial charge in [-0.1, -0.05) is 0 Å². The van der Waals surface area contributed by atoms with Gasteiger partial charge in [0, 0.05) is 64.2 Å². The zero-order valence-corrected chi connectivity index (χ0v) is 15.2. The summed E-state index contributed by atoms with van der Waals surface area (Å²) in [6.07, 6.45) is 2.71. The van der Waals surface area contributed by atoms with Crippen LogP contribution in [-0.4, -0.2) is 73.6 Å². The van der Waals surface area contributed by atoms with Crippen molar-refractivity contribution in [3.8, 4) is 0 Å². The summed E-state index contributed by atoms with van der Waals surface area (Å²) in [4.78, 5) is 28.5. The molecule has 0 spiro atoms. The number of benzene rings is 1. The van der Waals surface area contributed by atoms with Gasteiger partial charge < -0.3 is 19.6 Å². The highest BCUT2D eigenvalue weighted by molar-refractivity contribution is 5.51. The molecule has 1 amide bonds. The van der Waals surface area contributed by atoms with Crippen LogP contribution >= 0.6 is 0 Å². The Balaban J connectivity index is 1.38. The first-order valence-electron chi connectivity index (χ1n) is 9.26. The molecule has 0 unspecified atom stereocenters. The Labute approximate surface area is 158 Å². The summed E-state index contributed by atoms with van der Waals surface area (Å²) in [5.74, 6) is 1.44. The number of hydrogen-bond acceptors (Lipinski definition) is 6. The number of nitrogens with zero attached hydrogens (tertiary/aromatic N) is 6. The molecular formula is C19H23FN6O. The third-order valence-electron chi connectivity index (χ3n) is 5.17. The first kappa shape index (κ1) is 17.5. The molecule has 0 radical (unpaired) electrons. The Bertz CT molecular complexity index is 770. The number of rotatable bonds is 4. The number of carbonyl (C=O) groups excluding carboxylic acids is 1. The molecular weight excluding hydrogens is 347 g/mol. The average molecular weight is 370 g/mol. The van der Waals surface area contributed by atoms with Crippen molar-refractivity contribution in [2.24, 2.45) is 0 Å². The van der Waals surface area contributed by atoms with E-state index in [4.69, 9.17) is 4.98 Å². The highest BCUT2D eigenvalue weighted by Crippen LogP contribution is 2.21. The Hall–Kier alpha value is -2.90. The number of carbonyl (C=O) groups is 1. The van der Waals surface area contributed by atoms with E-state index in [2.05, 4.69) is 19.7 Å². The molecule has 2 aliphatic heterocycles. The number of hydrogen-bond donors (Lipinski definition) is 0. The fraction of sp³-hybridized carbons (Fsp3) is 0.421. The molecule has 2 fully saturated rings. The molecule has 0 atom stereocenters. The molecule has 142 valence electrons. The predicted octanol–water partition coefficient (Wildman–Crippen LogP) is 1.22. The van der Waals surface area contributed by atoms with Gasteiger partial charge in [-0.25, -0.2) is 9.37 Å². The van der Waals surface area contributed by atoms with E-state index < -0.39 is 0 Å². The number of aromatic nitrogens is 2. The number of halogens is 1. The van der Waals surface area contributed by atoms with Crippen molar-refractivity contribution in [3.63, 3.8) is 0 Å². The monoisotopic (exact) mass is 370 g/mol. The zero-order valence-electron chi connectivity index (χ0n) is 15.2. The van der Waals surface area contributed by atoms with Crippen LogP contribution in [0.25, 0.3) is 0 Å². The Morgan fingerprint density at radius 2 is 1.44 bits per heavy atom. The summed E-state index contributed by atoms with van der Waals surface area (Å²) in [7, 11) is 0. The van der Waals surface area contributed by atoms with Gasteiger partial charge in [-0.2, -0.15) is 4.98 Å². The maximum absolute atomic E-state index is 13.1. The molecule has 4 rings (SSSR count). The maximum Gasteiger partial charge on any atom is 0.227 e. The van der Waals surface area contributed by atoms with Crippen LogP contribution in [-0.2, 0) is 4.79 Å². The van der Waals surface area contributed by atoms with Crippen molar-refractivity contribution in [1.82, 2.24) is 14.9 Å². The third-order valence-corrected chi connectivity index (χ3v) is 5.17. The molecule has 1 aromatic heterocycles. The molecule has 0 aliphatic carbocycles. The lowest BCUT2D eigenvalue weighted by Gasteiger charge is -2.37. The summed E-state index contributed by atoms with van der Waals surface area (Å²) < 4.78 is 13.1. The van der Waals surface area contributed by atoms with Crippen LogP contribution in [0.2, 0.25) is 0 Å². The molecule has 27 heavy (non-hydrogen) atoms. The SMILES string of the molecule is O=CN1CCN(c2ccnc(N3CCN(c4ccc(F)cc4)CC3)n2)CC1. The Morgan fingerprint density at radius 1 is 0.815 bits per heavy atom. The lowest BCUT2D eigenvalue weighted by Crippen LogP contribution is -2.48. The summed E-state index contributed by atoms with van der Waals surface area (Å²) in [5, 5.41) is 0. The smallest absolute Gasteiger partial charge is 0.227 e. The van der Waals surface area contributed by atoms with Crippen molar-refractivity contribution < 1.29 is 9.18 Å². The largest absolute Gasteiger partial charge is 0.368 e. The fourth-order valence-corrected chi connectivity index (χ4v) is 3.54. The number of amides is 1. The summed E-state index contributed by atoms with van der Waals surface area (Å²) in [5.41, 5.74) is 1.04. The lowest BCUT2D eigenvalue weighted by atomic mass is 10.2. The highest BCUT2D eigenvalue weighted by Gasteiger charge is 2.21. The van der Waals surface area contributed by atoms with E-state index in [1.807, 2.05) is 18.2 Å². The van der Waals surface area contributed by atoms with Gasteiger partial charge in [0.2, 0.25) is 12.4 Å². The third kappa shape index (κ3) is 3.94. The number of piperazine rings is 2. The van der Waals surface area contributed by atoms with Gasteiger partial charge in [0.25, 0.3) is 0 Å². The molecule has 7 nitrogen and oxygen atoms in total. The van der Waals surface area contributed by atoms with E-state index in [1.165, 1.54) is 12.1 Å². The minimum absolute atomic E-state index is 0.212. The lowest BCUT2D eigenvalue weighted by molar-refractivity contribution is -0.118. The van der Waals surface area contributed by atoms with Crippen molar-refractivity contribution in [2.45, 2.75) is 0 Å². The van der Waals surface area contributed by atoms with E-state index in [0.29, 0.717) is 0 Å². The second-order valence-corrected chi connectivity index (χ2v) is 6.79.